The van der Waals surface area contributed by atoms with Crippen molar-refractivity contribution in [3.63, 3.8) is 0 Å². The van der Waals surface area contributed by atoms with Crippen molar-refractivity contribution in [2.45, 2.75) is 0 Å². The number of nitrogens with two attached hydrogens (primary N) is 1. The van der Waals surface area contributed by atoms with Crippen LogP contribution >= 0.6 is 11.6 Å². The van der Waals surface area contributed by atoms with Gasteiger partial charge in [0.2, 0.25) is 0 Å². The van der Waals surface area contributed by atoms with E-state index in [0.717, 1.165) is 16.4 Å². The van der Waals surface area contributed by atoms with Crippen molar-refractivity contribution in [1.29, 1.82) is 0 Å². The number of nitrogens with zero attached hydrogens (tertiary/aromatic N) is 1. The number of hydrogen-bond acceptors (Lipinski definition) is 2. The highest BCUT2D eigenvalue weighted by Crippen LogP contribution is 2.16. The monoisotopic (exact) mass is 248 g/mol. The Kier molecular flexibility index (Phi) is 5.37. The molecule has 0 aliphatic heterocycles. The summed E-state index contributed by atoms with van der Waals surface area (Å²) in [6.07, 6.45) is 0. The van der Waals surface area contributed by atoms with E-state index in [0.29, 0.717) is 0 Å². The van der Waals surface area contributed by atoms with Crippen LogP contribution in [0.25, 0.3) is 0 Å². The van der Waals surface area contributed by atoms with Crippen LogP contribution in [0, 0.1) is 0 Å². The first-order valence-electron chi connectivity index (χ1n) is 5.33. The van der Waals surface area contributed by atoms with Crippen LogP contribution in [-0.4, -0.2) is 14.1 Å². The largest absolute Gasteiger partial charge is 0.399 e. The van der Waals surface area contributed by atoms with Gasteiger partial charge in [-0.25, -0.2) is 0 Å². The zero-order chi connectivity index (χ0) is 12.7. The molecule has 0 amide bonds. The van der Waals surface area contributed by atoms with Gasteiger partial charge in [-0.3, -0.25) is 0 Å². The lowest BCUT2D eigenvalue weighted by molar-refractivity contribution is 1.13. The predicted octanol–water partition coefficient (Wildman–Crippen LogP) is 3.67. The van der Waals surface area contributed by atoms with Gasteiger partial charge < -0.3 is 10.6 Å². The summed E-state index contributed by atoms with van der Waals surface area (Å²) >= 11 is 5.76. The van der Waals surface area contributed by atoms with Crippen molar-refractivity contribution >= 4 is 23.0 Å². The molecule has 2 nitrogen and oxygen atoms in total. The van der Waals surface area contributed by atoms with E-state index < -0.39 is 0 Å². The molecule has 2 aromatic carbocycles. The van der Waals surface area contributed by atoms with E-state index in [1.807, 2.05) is 73.6 Å². The third kappa shape index (κ3) is 5.27. The fourth-order valence-electron chi connectivity index (χ4n) is 1.21. The second-order valence-corrected chi connectivity index (χ2v) is 4.22. The third-order valence-corrected chi connectivity index (χ3v) is 2.36. The molecule has 0 aromatic heterocycles. The highest BCUT2D eigenvalue weighted by Gasteiger charge is 1.93. The fraction of sp³-hybridized carbons (Fsp3) is 0.143. The Morgan fingerprint density at radius 3 is 1.94 bits per heavy atom. The molecule has 2 rings (SSSR count). The molecule has 2 N–H and O–H groups in total. The van der Waals surface area contributed by atoms with Gasteiger partial charge in [-0.15, -0.1) is 0 Å². The molecule has 17 heavy (non-hydrogen) atoms. The predicted molar refractivity (Wildman–Crippen MR) is 76.6 cm³/mol. The lowest BCUT2D eigenvalue weighted by atomic mass is 10.3. The van der Waals surface area contributed by atoms with Gasteiger partial charge >= 0.3 is 0 Å². The topological polar surface area (TPSA) is 29.3 Å². The number of anilines is 2. The Morgan fingerprint density at radius 1 is 0.941 bits per heavy atom. The summed E-state index contributed by atoms with van der Waals surface area (Å²) in [6.45, 7) is 0. The van der Waals surface area contributed by atoms with E-state index in [-0.39, 0.29) is 0 Å². The molecule has 0 aliphatic rings. The van der Waals surface area contributed by atoms with E-state index in [1.165, 1.54) is 0 Å². The molecule has 0 atom stereocenters. The minimum absolute atomic E-state index is 0.784. The molecule has 0 bridgehead atoms. The van der Waals surface area contributed by atoms with Gasteiger partial charge in [0, 0.05) is 30.5 Å². The molecule has 0 spiro atoms. The van der Waals surface area contributed by atoms with Crippen molar-refractivity contribution in [2.24, 2.45) is 0 Å². The molecular weight excluding hydrogens is 232 g/mol. The summed E-state index contributed by atoms with van der Waals surface area (Å²) in [5.74, 6) is 0. The maximum Gasteiger partial charge on any atom is 0.0426 e. The molecule has 0 aliphatic carbocycles. The number of para-hydroxylation sites is 1. The number of benzene rings is 2. The van der Waals surface area contributed by atoms with Crippen LogP contribution in [0.1, 0.15) is 0 Å². The van der Waals surface area contributed by atoms with E-state index >= 15 is 0 Å². The molecule has 90 valence electrons. The van der Waals surface area contributed by atoms with Gasteiger partial charge in [-0.1, -0.05) is 35.9 Å². The van der Waals surface area contributed by atoms with Gasteiger partial charge in [-0.05, 0) is 30.3 Å². The van der Waals surface area contributed by atoms with Crippen molar-refractivity contribution < 1.29 is 0 Å². The van der Waals surface area contributed by atoms with Crippen LogP contribution in [0.3, 0.4) is 0 Å². The number of hydrogen-bond donors (Lipinski definition) is 1. The number of halogens is 1. The minimum atomic E-state index is 0.784. The summed E-state index contributed by atoms with van der Waals surface area (Å²) in [4.78, 5) is 2.02. The summed E-state index contributed by atoms with van der Waals surface area (Å²) in [5, 5.41) is 0.784. The lowest BCUT2D eigenvalue weighted by Gasteiger charge is -2.11. The smallest absolute Gasteiger partial charge is 0.0426 e. The normalized spacial score (nSPS) is 9.12. The SMILES string of the molecule is CN(C)c1cccc(Cl)c1.Nc1ccccc1. The maximum absolute atomic E-state index is 5.76. The molecule has 0 saturated heterocycles. The van der Waals surface area contributed by atoms with Gasteiger partial charge in [0.05, 0.1) is 0 Å². The average molecular weight is 249 g/mol. The quantitative estimate of drug-likeness (QED) is 0.781. The Morgan fingerprint density at radius 2 is 1.59 bits per heavy atom. The van der Waals surface area contributed by atoms with Gasteiger partial charge in [-0.2, -0.15) is 0 Å². The molecule has 0 unspecified atom stereocenters. The van der Waals surface area contributed by atoms with E-state index in [2.05, 4.69) is 0 Å². The number of rotatable bonds is 1. The van der Waals surface area contributed by atoms with Crippen molar-refractivity contribution in [3.05, 3.63) is 59.6 Å². The molecule has 0 saturated carbocycles. The highest BCUT2D eigenvalue weighted by molar-refractivity contribution is 6.30. The lowest BCUT2D eigenvalue weighted by Crippen LogP contribution is -2.07. The first kappa shape index (κ1) is 13.4. The fourth-order valence-corrected chi connectivity index (χ4v) is 1.39. The molecule has 3 heteroatoms. The zero-order valence-corrected chi connectivity index (χ0v) is 10.9. The number of nitrogen functional groups attached to an aromatic ring is 1. The van der Waals surface area contributed by atoms with Crippen molar-refractivity contribution in [2.75, 3.05) is 24.7 Å². The van der Waals surface area contributed by atoms with Crippen LogP contribution in [0.5, 0.6) is 0 Å². The summed E-state index contributed by atoms with van der Waals surface area (Å²) in [5.41, 5.74) is 7.31. The van der Waals surface area contributed by atoms with Crippen LogP contribution < -0.4 is 10.6 Å². The second kappa shape index (κ2) is 6.81. The molecule has 0 heterocycles. The Bertz CT molecular complexity index is 441. The summed E-state index contributed by atoms with van der Waals surface area (Å²) < 4.78 is 0. The van der Waals surface area contributed by atoms with Gasteiger partial charge in [0.25, 0.3) is 0 Å². The van der Waals surface area contributed by atoms with Crippen molar-refractivity contribution in [3.8, 4) is 0 Å². The standard InChI is InChI=1S/C8H10ClN.C6H7N/c1-10(2)8-5-3-4-7(9)6-8;7-6-4-2-1-3-5-6/h3-6H,1-2H3;1-5H,7H2. The average Bonchev–Trinajstić information content (AvgIpc) is 2.31. The molecule has 0 radical (unpaired) electrons. The van der Waals surface area contributed by atoms with E-state index in [4.69, 9.17) is 17.3 Å². The van der Waals surface area contributed by atoms with Crippen LogP contribution in [0.2, 0.25) is 5.02 Å². The van der Waals surface area contributed by atoms with Crippen LogP contribution in [0.4, 0.5) is 11.4 Å². The summed E-state index contributed by atoms with van der Waals surface area (Å²) in [6, 6.07) is 17.3. The maximum atomic E-state index is 5.76. The van der Waals surface area contributed by atoms with Crippen LogP contribution in [0.15, 0.2) is 54.6 Å². The van der Waals surface area contributed by atoms with Gasteiger partial charge in [0.1, 0.15) is 0 Å². The summed E-state index contributed by atoms with van der Waals surface area (Å²) in [7, 11) is 3.98. The third-order valence-electron chi connectivity index (χ3n) is 2.12. The second-order valence-electron chi connectivity index (χ2n) is 3.78. The van der Waals surface area contributed by atoms with E-state index in [9.17, 15) is 0 Å². The first-order chi connectivity index (χ1) is 8.09. The molecule has 2 aromatic rings. The van der Waals surface area contributed by atoms with Crippen molar-refractivity contribution in [1.82, 2.24) is 0 Å². The first-order valence-corrected chi connectivity index (χ1v) is 5.71. The Balaban J connectivity index is 0.000000181. The molecule has 0 fully saturated rings. The highest BCUT2D eigenvalue weighted by atomic mass is 35.5. The Labute approximate surface area is 108 Å². The Hall–Kier alpha value is -1.67. The van der Waals surface area contributed by atoms with Crippen LogP contribution in [-0.2, 0) is 0 Å². The minimum Gasteiger partial charge on any atom is -0.399 e. The van der Waals surface area contributed by atoms with Gasteiger partial charge in [0.15, 0.2) is 0 Å². The van der Waals surface area contributed by atoms with E-state index in [1.54, 1.807) is 0 Å². The zero-order valence-electron chi connectivity index (χ0n) is 10.1. The molecular formula is C14H17ClN2.